The number of alkyl halides is 1. The Kier molecular flexibility index (Phi) is 13.4. The Morgan fingerprint density at radius 2 is 1.78 bits per heavy atom. The molecular weight excluding hydrogens is 826 g/mol. The van der Waals surface area contributed by atoms with Crippen LogP contribution in [0.1, 0.15) is 101 Å². The van der Waals surface area contributed by atoms with Crippen LogP contribution in [0, 0.1) is 29.6 Å². The zero-order valence-electron chi connectivity index (χ0n) is 36.1. The number of methoxy groups -OCH3 is 1. The number of benzene rings is 2. The highest BCUT2D eigenvalue weighted by atomic mass is 19.1. The van der Waals surface area contributed by atoms with Crippen molar-refractivity contribution < 1.29 is 47.4 Å². The van der Waals surface area contributed by atoms with Crippen molar-refractivity contribution in [2.24, 2.45) is 23.5 Å². The zero-order chi connectivity index (χ0) is 45.1. The standard InChI is InChI=1S/C47H54FN7O9/c1-3-30-36(52-44(59)41(30)48)25-64-45-33-22-38(62-2)34(42(49)57)21-32(33)28(23-51-45)12-11-26-7-9-27(10-8-26)24-54-18-15-29(16-19-54)63-20-17-50-35-6-4-5-31-40(35)47(61)55(46(31)60)37-13-14-39(56)53-43(37)58/h4-6,21-23,26-27,29-30,36-37,41,50H,3,7-10,13-20,24-25H2,1-2H3,(H2,49,57)(H,52,59)(H,53,56,58)/t26-,27-,30-,36+,37?,41-/m0/s1. The topological polar surface area (TPSA) is 212 Å². The number of ether oxygens (including phenoxy) is 3. The largest absolute Gasteiger partial charge is 0.496 e. The van der Waals surface area contributed by atoms with Crippen LogP contribution in [0.5, 0.6) is 11.6 Å². The molecule has 3 saturated heterocycles. The predicted octanol–water partition coefficient (Wildman–Crippen LogP) is 3.74. The second-order valence-corrected chi connectivity index (χ2v) is 17.3. The summed E-state index contributed by atoms with van der Waals surface area (Å²) in [6.45, 7) is 5.63. The van der Waals surface area contributed by atoms with Gasteiger partial charge < -0.3 is 35.5 Å². The summed E-state index contributed by atoms with van der Waals surface area (Å²) in [5.41, 5.74) is 7.50. The maximum atomic E-state index is 14.4. The van der Waals surface area contributed by atoms with Gasteiger partial charge in [-0.25, -0.2) is 9.37 Å². The minimum absolute atomic E-state index is 0.0235. The van der Waals surface area contributed by atoms with E-state index in [0.29, 0.717) is 47.5 Å². The number of nitrogens with one attached hydrogen (secondary N) is 3. The van der Waals surface area contributed by atoms with Gasteiger partial charge in [0.15, 0.2) is 6.17 Å². The first kappa shape index (κ1) is 44.5. The third-order valence-electron chi connectivity index (χ3n) is 13.3. The lowest BCUT2D eigenvalue weighted by molar-refractivity contribution is -0.136. The number of aromatic nitrogens is 1. The maximum Gasteiger partial charge on any atom is 0.264 e. The maximum absolute atomic E-state index is 14.4. The van der Waals surface area contributed by atoms with Gasteiger partial charge in [-0.2, -0.15) is 0 Å². The quantitative estimate of drug-likeness (QED) is 0.104. The van der Waals surface area contributed by atoms with Gasteiger partial charge in [0.1, 0.15) is 18.4 Å². The molecule has 5 aliphatic rings. The van der Waals surface area contributed by atoms with Gasteiger partial charge in [-0.3, -0.25) is 39.0 Å². The average Bonchev–Trinajstić information content (AvgIpc) is 3.72. The van der Waals surface area contributed by atoms with Crippen LogP contribution in [0.15, 0.2) is 36.5 Å². The first-order valence-corrected chi connectivity index (χ1v) is 22.3. The number of nitrogens with zero attached hydrogens (tertiary/aromatic N) is 3. The van der Waals surface area contributed by atoms with Gasteiger partial charge in [0, 0.05) is 67.1 Å². The highest BCUT2D eigenvalue weighted by Crippen LogP contribution is 2.36. The summed E-state index contributed by atoms with van der Waals surface area (Å²) in [5, 5.41) is 9.35. The molecule has 338 valence electrons. The van der Waals surface area contributed by atoms with Crippen molar-refractivity contribution in [1.82, 2.24) is 25.4 Å². The van der Waals surface area contributed by atoms with Crippen molar-refractivity contribution in [3.63, 3.8) is 0 Å². The van der Waals surface area contributed by atoms with E-state index in [1.54, 1.807) is 36.5 Å². The number of piperidine rings is 2. The summed E-state index contributed by atoms with van der Waals surface area (Å²) < 4.78 is 32.2. The van der Waals surface area contributed by atoms with Crippen LogP contribution < -0.4 is 31.2 Å². The van der Waals surface area contributed by atoms with E-state index in [4.69, 9.17) is 19.9 Å². The highest BCUT2D eigenvalue weighted by Gasteiger charge is 2.46. The number of pyridine rings is 1. The van der Waals surface area contributed by atoms with Crippen molar-refractivity contribution in [3.05, 3.63) is 58.8 Å². The molecule has 5 N–H and O–H groups in total. The number of fused-ring (bicyclic) bond motifs is 2. The molecule has 0 radical (unpaired) electrons. The predicted molar refractivity (Wildman–Crippen MR) is 232 cm³/mol. The fourth-order valence-electron chi connectivity index (χ4n) is 9.78. The molecule has 1 saturated carbocycles. The van der Waals surface area contributed by atoms with Crippen LogP contribution in [0.3, 0.4) is 0 Å². The van der Waals surface area contributed by atoms with Gasteiger partial charge in [-0.1, -0.05) is 24.8 Å². The van der Waals surface area contributed by atoms with E-state index < -0.39 is 59.6 Å². The molecule has 4 atom stereocenters. The number of amides is 6. The van der Waals surface area contributed by atoms with Crippen LogP contribution in [0.25, 0.3) is 10.8 Å². The minimum Gasteiger partial charge on any atom is -0.496 e. The number of anilines is 1. The zero-order valence-corrected chi connectivity index (χ0v) is 36.1. The van der Waals surface area contributed by atoms with E-state index >= 15 is 0 Å². The normalized spacial score (nSPS) is 25.1. The summed E-state index contributed by atoms with van der Waals surface area (Å²) in [5.74, 6) is 4.14. The van der Waals surface area contributed by atoms with Gasteiger partial charge in [-0.05, 0) is 81.5 Å². The number of hydrogen-bond donors (Lipinski definition) is 4. The summed E-state index contributed by atoms with van der Waals surface area (Å²) in [6, 6.07) is 6.78. The molecule has 17 heteroatoms. The molecule has 4 fully saturated rings. The Morgan fingerprint density at radius 1 is 1.00 bits per heavy atom. The molecule has 1 aromatic heterocycles. The molecule has 2 aromatic carbocycles. The number of carbonyl (C=O) groups is 6. The van der Waals surface area contributed by atoms with E-state index in [0.717, 1.165) is 63.1 Å². The summed E-state index contributed by atoms with van der Waals surface area (Å²) in [4.78, 5) is 83.1. The van der Waals surface area contributed by atoms with Crippen LogP contribution in [0.2, 0.25) is 0 Å². The molecule has 1 aliphatic carbocycles. The van der Waals surface area contributed by atoms with Crippen molar-refractivity contribution >= 4 is 51.9 Å². The van der Waals surface area contributed by atoms with E-state index in [-0.39, 0.29) is 59.8 Å². The SMILES string of the molecule is CC[C@@H]1[C@H](F)C(=O)N[C@@H]1COc1ncc(C#C[C@H]2CC[C@H](CN3CCC(OCCNc4cccc5c4C(=O)N(C4CCC(=O)NC4=O)C5=O)CC3)CC2)c2cc(C(N)=O)c(OC)cc12. The van der Waals surface area contributed by atoms with Crippen molar-refractivity contribution in [3.8, 4) is 23.5 Å². The minimum atomic E-state index is -1.59. The van der Waals surface area contributed by atoms with Crippen molar-refractivity contribution in [2.45, 2.75) is 89.1 Å². The fraction of sp³-hybridized carbons (Fsp3) is 0.511. The Bertz CT molecular complexity index is 2400. The molecule has 0 bridgehead atoms. The lowest BCUT2D eigenvalue weighted by Gasteiger charge is -2.36. The molecule has 0 spiro atoms. The molecule has 16 nitrogen and oxygen atoms in total. The molecule has 3 aromatic rings. The first-order chi connectivity index (χ1) is 30.9. The third kappa shape index (κ3) is 9.25. The lowest BCUT2D eigenvalue weighted by Crippen LogP contribution is -2.54. The average molecular weight is 880 g/mol. The van der Waals surface area contributed by atoms with E-state index in [9.17, 15) is 33.2 Å². The number of nitrogens with two attached hydrogens (primary N) is 1. The molecule has 4 aliphatic heterocycles. The monoisotopic (exact) mass is 879 g/mol. The second kappa shape index (κ2) is 19.3. The number of primary amides is 1. The van der Waals surface area contributed by atoms with Crippen LogP contribution in [0.4, 0.5) is 10.1 Å². The number of halogens is 1. The van der Waals surface area contributed by atoms with E-state index in [1.165, 1.54) is 7.11 Å². The molecule has 1 unspecified atom stereocenters. The van der Waals surface area contributed by atoms with Crippen molar-refractivity contribution in [1.29, 1.82) is 0 Å². The van der Waals surface area contributed by atoms with Crippen LogP contribution in [-0.2, 0) is 19.1 Å². The fourth-order valence-corrected chi connectivity index (χ4v) is 9.78. The van der Waals surface area contributed by atoms with E-state index in [1.807, 2.05) is 6.92 Å². The number of likely N-dealkylation sites (tertiary alicyclic amines) is 1. The Morgan fingerprint density at radius 3 is 2.50 bits per heavy atom. The number of carbonyl (C=O) groups excluding carboxylic acids is 6. The smallest absolute Gasteiger partial charge is 0.264 e. The van der Waals surface area contributed by atoms with Crippen LogP contribution in [-0.4, -0.2) is 121 Å². The number of rotatable bonds is 14. The van der Waals surface area contributed by atoms with Crippen LogP contribution >= 0.6 is 0 Å². The van der Waals surface area contributed by atoms with Crippen molar-refractivity contribution in [2.75, 3.05) is 51.8 Å². The van der Waals surface area contributed by atoms with E-state index in [2.05, 4.69) is 37.7 Å². The summed E-state index contributed by atoms with van der Waals surface area (Å²) in [6.07, 6.45) is 6.68. The van der Waals surface area contributed by atoms with Gasteiger partial charge in [0.25, 0.3) is 23.6 Å². The molecule has 8 rings (SSSR count). The molecule has 5 heterocycles. The molecule has 64 heavy (non-hydrogen) atoms. The third-order valence-corrected chi connectivity index (χ3v) is 13.3. The lowest BCUT2D eigenvalue weighted by atomic mass is 9.81. The summed E-state index contributed by atoms with van der Waals surface area (Å²) >= 11 is 0. The number of imide groups is 2. The first-order valence-electron chi connectivity index (χ1n) is 22.3. The van der Waals surface area contributed by atoms with Gasteiger partial charge in [0.2, 0.25) is 17.7 Å². The number of hydrogen-bond acceptors (Lipinski definition) is 12. The highest BCUT2D eigenvalue weighted by molar-refractivity contribution is 6.25. The summed E-state index contributed by atoms with van der Waals surface area (Å²) in [7, 11) is 1.44. The van der Waals surface area contributed by atoms with Gasteiger partial charge in [0.05, 0.1) is 48.1 Å². The molecular formula is C47H54FN7O9. The Balaban J connectivity index is 0.798. The Hall–Kier alpha value is -6.12. The van der Waals surface area contributed by atoms with Gasteiger partial charge >= 0.3 is 0 Å². The second-order valence-electron chi connectivity index (χ2n) is 17.3. The Labute approximate surface area is 370 Å². The molecule has 6 amide bonds. The van der Waals surface area contributed by atoms with Gasteiger partial charge in [-0.15, -0.1) is 0 Å².